The predicted octanol–water partition coefficient (Wildman–Crippen LogP) is 4.99. The smallest absolute Gasteiger partial charge is 0.220 e. The summed E-state index contributed by atoms with van der Waals surface area (Å²) < 4.78 is 11.4. The number of aliphatic hydroxyl groups is 1. The maximum atomic E-state index is 12.8. The van der Waals surface area contributed by atoms with Gasteiger partial charge in [0.2, 0.25) is 5.91 Å². The zero-order valence-corrected chi connectivity index (χ0v) is 20.9. The number of hydrogen-bond acceptors (Lipinski definition) is 5. The Bertz CT molecular complexity index is 741. The van der Waals surface area contributed by atoms with Crippen LogP contribution in [-0.4, -0.2) is 53.8 Å². The number of rotatable bonds is 12. The summed E-state index contributed by atoms with van der Waals surface area (Å²) >= 11 is 0. The molecule has 4 atom stereocenters. The van der Waals surface area contributed by atoms with Gasteiger partial charge in [-0.2, -0.15) is 0 Å². The Morgan fingerprint density at radius 2 is 1.88 bits per heavy atom. The van der Waals surface area contributed by atoms with E-state index in [1.807, 2.05) is 18.2 Å². The van der Waals surface area contributed by atoms with Crippen LogP contribution in [0.5, 0.6) is 11.5 Å². The van der Waals surface area contributed by atoms with Crippen molar-refractivity contribution in [2.24, 2.45) is 0 Å². The molecule has 1 aromatic rings. The van der Waals surface area contributed by atoms with Gasteiger partial charge in [-0.3, -0.25) is 9.69 Å². The van der Waals surface area contributed by atoms with E-state index in [4.69, 9.17) is 9.47 Å². The standard InChI is InChI=1S/C27H44N2O4/c1-4-6-7-8-9-13-26(30)28-23(19-29-20(3)11-10-12-22(29)5-2)27(31)21-14-15-24-25(18-21)33-17-16-32-24/h14-15,18,20,22-23,27,31H,4-13,16-17,19H2,1-3H3,(H,28,30)/t20?,22?,23-,27-/m1/s1. The molecular formula is C27H44N2O4. The summed E-state index contributed by atoms with van der Waals surface area (Å²) in [7, 11) is 0. The molecule has 0 aromatic heterocycles. The van der Waals surface area contributed by atoms with Crippen LogP contribution >= 0.6 is 0 Å². The second-order valence-electron chi connectivity index (χ2n) is 9.72. The van der Waals surface area contributed by atoms with E-state index in [1.165, 1.54) is 32.1 Å². The molecule has 0 aliphatic carbocycles. The minimum atomic E-state index is -0.809. The first-order valence-corrected chi connectivity index (χ1v) is 13.2. The van der Waals surface area contributed by atoms with E-state index in [9.17, 15) is 9.90 Å². The summed E-state index contributed by atoms with van der Waals surface area (Å²) in [5.41, 5.74) is 0.755. The van der Waals surface area contributed by atoms with Crippen LogP contribution in [0.1, 0.15) is 96.6 Å². The van der Waals surface area contributed by atoms with Crippen LogP contribution in [0.25, 0.3) is 0 Å². The van der Waals surface area contributed by atoms with Crippen molar-refractivity contribution in [3.05, 3.63) is 23.8 Å². The van der Waals surface area contributed by atoms with E-state index in [0.717, 1.165) is 31.2 Å². The number of amides is 1. The second kappa shape index (κ2) is 13.2. The Hall–Kier alpha value is -1.79. The summed E-state index contributed by atoms with van der Waals surface area (Å²) in [6.45, 7) is 8.39. The Kier molecular flexibility index (Phi) is 10.3. The fourth-order valence-electron chi connectivity index (χ4n) is 5.20. The molecule has 2 aliphatic rings. The van der Waals surface area contributed by atoms with Gasteiger partial charge in [-0.05, 0) is 50.3 Å². The van der Waals surface area contributed by atoms with Gasteiger partial charge in [-0.25, -0.2) is 0 Å². The number of carbonyl (C=O) groups excluding carboxylic acids is 1. The summed E-state index contributed by atoms with van der Waals surface area (Å²) in [6.07, 6.45) is 9.95. The number of carbonyl (C=O) groups is 1. The molecule has 33 heavy (non-hydrogen) atoms. The van der Waals surface area contributed by atoms with Crippen LogP contribution < -0.4 is 14.8 Å². The first kappa shape index (κ1) is 25.8. The van der Waals surface area contributed by atoms with E-state index in [1.54, 1.807) is 0 Å². The highest BCUT2D eigenvalue weighted by molar-refractivity contribution is 5.76. The maximum Gasteiger partial charge on any atom is 0.220 e. The lowest BCUT2D eigenvalue weighted by Crippen LogP contribution is -2.54. The average molecular weight is 461 g/mol. The highest BCUT2D eigenvalue weighted by Gasteiger charge is 2.32. The van der Waals surface area contributed by atoms with Gasteiger partial charge in [0.15, 0.2) is 11.5 Å². The summed E-state index contributed by atoms with van der Waals surface area (Å²) in [6, 6.07) is 6.18. The fraction of sp³-hybridized carbons (Fsp3) is 0.741. The van der Waals surface area contributed by atoms with Crippen molar-refractivity contribution in [2.75, 3.05) is 19.8 Å². The normalized spacial score (nSPS) is 22.5. The summed E-state index contributed by atoms with van der Waals surface area (Å²) in [5, 5.41) is 14.6. The van der Waals surface area contributed by atoms with Crippen molar-refractivity contribution < 1.29 is 19.4 Å². The third-order valence-corrected chi connectivity index (χ3v) is 7.22. The SMILES string of the molecule is CCCCCCCC(=O)N[C@H](CN1C(C)CCCC1CC)[C@H](O)c1ccc2c(c1)OCCO2. The van der Waals surface area contributed by atoms with Gasteiger partial charge in [-0.15, -0.1) is 0 Å². The van der Waals surface area contributed by atoms with Gasteiger partial charge in [0.25, 0.3) is 0 Å². The van der Waals surface area contributed by atoms with Crippen LogP contribution in [0.4, 0.5) is 0 Å². The molecule has 2 heterocycles. The number of piperidine rings is 1. The monoisotopic (exact) mass is 460 g/mol. The van der Waals surface area contributed by atoms with Crippen molar-refractivity contribution >= 4 is 5.91 Å². The van der Waals surface area contributed by atoms with Crippen molar-refractivity contribution in [1.82, 2.24) is 10.2 Å². The molecule has 1 amide bonds. The van der Waals surface area contributed by atoms with Gasteiger partial charge in [0, 0.05) is 25.0 Å². The number of hydrogen-bond donors (Lipinski definition) is 2. The number of likely N-dealkylation sites (tertiary alicyclic amines) is 1. The average Bonchev–Trinajstić information content (AvgIpc) is 2.83. The molecule has 1 fully saturated rings. The molecule has 1 saturated heterocycles. The molecule has 6 heteroatoms. The molecular weight excluding hydrogens is 416 g/mol. The quantitative estimate of drug-likeness (QED) is 0.430. The van der Waals surface area contributed by atoms with Crippen molar-refractivity contribution in [1.29, 1.82) is 0 Å². The third-order valence-electron chi connectivity index (χ3n) is 7.22. The Balaban J connectivity index is 1.72. The Morgan fingerprint density at radius 1 is 1.12 bits per heavy atom. The molecule has 1 aromatic carbocycles. The van der Waals surface area contributed by atoms with Crippen molar-refractivity contribution in [2.45, 2.75) is 109 Å². The van der Waals surface area contributed by atoms with E-state index >= 15 is 0 Å². The zero-order valence-electron chi connectivity index (χ0n) is 20.9. The lowest BCUT2D eigenvalue weighted by atomic mass is 9.92. The first-order chi connectivity index (χ1) is 16.0. The molecule has 0 bridgehead atoms. The molecule has 2 aliphatic heterocycles. The molecule has 0 spiro atoms. The number of benzene rings is 1. The topological polar surface area (TPSA) is 71.0 Å². The largest absolute Gasteiger partial charge is 0.486 e. The number of nitrogens with zero attached hydrogens (tertiary/aromatic N) is 1. The van der Waals surface area contributed by atoms with Crippen molar-refractivity contribution in [3.8, 4) is 11.5 Å². The summed E-state index contributed by atoms with van der Waals surface area (Å²) in [4.78, 5) is 15.3. The van der Waals surface area contributed by atoms with Crippen LogP contribution in [0.2, 0.25) is 0 Å². The maximum absolute atomic E-state index is 12.8. The molecule has 2 unspecified atom stereocenters. The van der Waals surface area contributed by atoms with Gasteiger partial charge >= 0.3 is 0 Å². The molecule has 3 rings (SSSR count). The highest BCUT2D eigenvalue weighted by Crippen LogP contribution is 2.34. The number of aliphatic hydroxyl groups excluding tert-OH is 1. The number of ether oxygens (including phenoxy) is 2. The van der Waals surface area contributed by atoms with Gasteiger partial charge in [0.1, 0.15) is 19.3 Å². The first-order valence-electron chi connectivity index (χ1n) is 13.2. The molecule has 2 N–H and O–H groups in total. The molecule has 6 nitrogen and oxygen atoms in total. The van der Waals surface area contributed by atoms with E-state index in [2.05, 4.69) is 31.0 Å². The van der Waals surface area contributed by atoms with E-state index in [0.29, 0.717) is 49.8 Å². The molecule has 186 valence electrons. The minimum absolute atomic E-state index is 0.0332. The predicted molar refractivity (Wildman–Crippen MR) is 132 cm³/mol. The van der Waals surface area contributed by atoms with Crippen LogP contribution in [-0.2, 0) is 4.79 Å². The van der Waals surface area contributed by atoms with Gasteiger partial charge in [0.05, 0.1) is 6.04 Å². The Labute approximate surface area is 200 Å². The zero-order chi connectivity index (χ0) is 23.6. The second-order valence-corrected chi connectivity index (χ2v) is 9.72. The number of nitrogens with one attached hydrogen (secondary N) is 1. The Morgan fingerprint density at radius 3 is 2.64 bits per heavy atom. The minimum Gasteiger partial charge on any atom is -0.486 e. The molecule has 0 saturated carbocycles. The highest BCUT2D eigenvalue weighted by atomic mass is 16.6. The summed E-state index contributed by atoms with van der Waals surface area (Å²) in [5.74, 6) is 1.41. The van der Waals surface area contributed by atoms with Crippen LogP contribution in [0, 0.1) is 0 Å². The number of fused-ring (bicyclic) bond motifs is 1. The molecule has 0 radical (unpaired) electrons. The third kappa shape index (κ3) is 7.35. The van der Waals surface area contributed by atoms with Crippen molar-refractivity contribution in [3.63, 3.8) is 0 Å². The number of unbranched alkanes of at least 4 members (excludes halogenated alkanes) is 4. The van der Waals surface area contributed by atoms with Gasteiger partial charge < -0.3 is 19.9 Å². The fourth-order valence-corrected chi connectivity index (χ4v) is 5.20. The van der Waals surface area contributed by atoms with Crippen LogP contribution in [0.3, 0.4) is 0 Å². The van der Waals surface area contributed by atoms with Gasteiger partial charge in [-0.1, -0.05) is 52.0 Å². The lowest BCUT2D eigenvalue weighted by Gasteiger charge is -2.43. The van der Waals surface area contributed by atoms with E-state index in [-0.39, 0.29) is 11.9 Å². The van der Waals surface area contributed by atoms with E-state index < -0.39 is 6.10 Å². The van der Waals surface area contributed by atoms with Crippen LogP contribution in [0.15, 0.2) is 18.2 Å². The lowest BCUT2D eigenvalue weighted by molar-refractivity contribution is -0.123.